The molecule has 0 aromatic heterocycles. The van der Waals surface area contributed by atoms with Crippen LogP contribution in [0, 0.1) is 6.92 Å². The third-order valence-electron chi connectivity index (χ3n) is 4.22. The Bertz CT molecular complexity index is 984. The second-order valence-electron chi connectivity index (χ2n) is 6.60. The van der Waals surface area contributed by atoms with Gasteiger partial charge in [0.25, 0.3) is 11.8 Å². The lowest BCUT2D eigenvalue weighted by Crippen LogP contribution is -2.30. The molecule has 0 aliphatic carbocycles. The summed E-state index contributed by atoms with van der Waals surface area (Å²) in [5.41, 5.74) is 2.99. The van der Waals surface area contributed by atoms with E-state index in [-0.39, 0.29) is 11.8 Å². The maximum absolute atomic E-state index is 12.3. The second-order valence-corrected chi connectivity index (χ2v) is 7.04. The van der Waals surface area contributed by atoms with Crippen molar-refractivity contribution in [1.82, 2.24) is 0 Å². The zero-order chi connectivity index (χ0) is 20.8. The van der Waals surface area contributed by atoms with Crippen molar-refractivity contribution < 1.29 is 14.3 Å². The molecule has 0 radical (unpaired) electrons. The van der Waals surface area contributed by atoms with E-state index in [1.165, 1.54) is 0 Å². The number of benzene rings is 3. The highest BCUT2D eigenvalue weighted by Crippen LogP contribution is 2.18. The van der Waals surface area contributed by atoms with Crippen molar-refractivity contribution in [3.8, 4) is 5.75 Å². The van der Waals surface area contributed by atoms with Gasteiger partial charge in [-0.15, -0.1) is 0 Å². The average molecular weight is 409 g/mol. The summed E-state index contributed by atoms with van der Waals surface area (Å²) in [6.07, 6.45) is -0.710. The van der Waals surface area contributed by atoms with Gasteiger partial charge in [-0.25, -0.2) is 0 Å². The van der Waals surface area contributed by atoms with Gasteiger partial charge in [-0.3, -0.25) is 9.59 Å². The van der Waals surface area contributed by atoms with Gasteiger partial charge >= 0.3 is 0 Å². The molecule has 0 saturated carbocycles. The van der Waals surface area contributed by atoms with Crippen LogP contribution in [0.25, 0.3) is 0 Å². The van der Waals surface area contributed by atoms with Crippen molar-refractivity contribution in [2.45, 2.75) is 20.0 Å². The third kappa shape index (κ3) is 5.83. The molecule has 0 fully saturated rings. The largest absolute Gasteiger partial charge is 0.481 e. The molecule has 3 aromatic rings. The number of ether oxygens (including phenoxy) is 1. The minimum Gasteiger partial charge on any atom is -0.481 e. The Labute approximate surface area is 174 Å². The SMILES string of the molecule is Cc1ccc(NC(=O)c2ccc(O[C@@H](C)C(=O)Nc3ccc(Cl)cc3)cc2)cc1. The molecule has 2 amide bonds. The summed E-state index contributed by atoms with van der Waals surface area (Å²) in [5.74, 6) is -0.00177. The molecule has 0 saturated heterocycles. The first-order valence-electron chi connectivity index (χ1n) is 9.12. The number of carbonyl (C=O) groups excluding carboxylic acids is 2. The molecule has 6 heteroatoms. The lowest BCUT2D eigenvalue weighted by Gasteiger charge is -2.15. The smallest absolute Gasteiger partial charge is 0.265 e. The van der Waals surface area contributed by atoms with Crippen LogP contribution in [0.4, 0.5) is 11.4 Å². The predicted molar refractivity (Wildman–Crippen MR) is 116 cm³/mol. The zero-order valence-corrected chi connectivity index (χ0v) is 16.9. The average Bonchev–Trinajstić information content (AvgIpc) is 2.72. The second kappa shape index (κ2) is 9.26. The van der Waals surface area contributed by atoms with Gasteiger partial charge in [0.05, 0.1) is 0 Å². The highest BCUT2D eigenvalue weighted by atomic mass is 35.5. The maximum Gasteiger partial charge on any atom is 0.265 e. The van der Waals surface area contributed by atoms with Gasteiger partial charge in [0.15, 0.2) is 6.10 Å². The van der Waals surface area contributed by atoms with Crippen LogP contribution < -0.4 is 15.4 Å². The van der Waals surface area contributed by atoms with Gasteiger partial charge < -0.3 is 15.4 Å². The molecule has 0 heterocycles. The Morgan fingerprint density at radius 2 is 1.38 bits per heavy atom. The van der Waals surface area contributed by atoms with Gasteiger partial charge in [-0.2, -0.15) is 0 Å². The molecule has 5 nitrogen and oxygen atoms in total. The monoisotopic (exact) mass is 408 g/mol. The molecule has 148 valence electrons. The summed E-state index contributed by atoms with van der Waals surface area (Å²) in [5, 5.41) is 6.20. The van der Waals surface area contributed by atoms with Crippen LogP contribution in [0.15, 0.2) is 72.8 Å². The van der Waals surface area contributed by atoms with E-state index in [9.17, 15) is 9.59 Å². The van der Waals surface area contributed by atoms with Crippen LogP contribution in [0.5, 0.6) is 5.75 Å². The van der Waals surface area contributed by atoms with Gasteiger partial charge in [0, 0.05) is 22.0 Å². The topological polar surface area (TPSA) is 67.4 Å². The minimum atomic E-state index is -0.710. The highest BCUT2D eigenvalue weighted by Gasteiger charge is 2.15. The summed E-state index contributed by atoms with van der Waals surface area (Å²) in [6, 6.07) is 21.0. The van der Waals surface area contributed by atoms with Crippen LogP contribution in [0.2, 0.25) is 5.02 Å². The van der Waals surface area contributed by atoms with Crippen molar-refractivity contribution in [2.24, 2.45) is 0 Å². The standard InChI is InChI=1S/C23H21ClN2O3/c1-15-3-9-19(10-4-15)26-23(28)17-5-13-21(14-6-17)29-16(2)22(27)25-20-11-7-18(24)8-12-20/h3-14,16H,1-2H3,(H,25,27)(H,26,28)/t16-/m0/s1. The number of carbonyl (C=O) groups is 2. The van der Waals surface area contributed by atoms with Gasteiger partial charge in [0.2, 0.25) is 0 Å². The molecular formula is C23H21ClN2O3. The summed E-state index contributed by atoms with van der Waals surface area (Å²) in [7, 11) is 0. The van der Waals surface area contributed by atoms with E-state index < -0.39 is 6.10 Å². The Morgan fingerprint density at radius 3 is 2.00 bits per heavy atom. The van der Waals surface area contributed by atoms with E-state index in [0.29, 0.717) is 22.0 Å². The first kappa shape index (κ1) is 20.4. The maximum atomic E-state index is 12.3. The molecule has 0 aliphatic heterocycles. The molecule has 2 N–H and O–H groups in total. The molecule has 3 rings (SSSR count). The summed E-state index contributed by atoms with van der Waals surface area (Å²) in [4.78, 5) is 24.6. The highest BCUT2D eigenvalue weighted by molar-refractivity contribution is 6.30. The molecule has 0 aliphatic rings. The minimum absolute atomic E-state index is 0.214. The summed E-state index contributed by atoms with van der Waals surface area (Å²) >= 11 is 5.84. The number of rotatable bonds is 6. The fraction of sp³-hybridized carbons (Fsp3) is 0.130. The van der Waals surface area contributed by atoms with E-state index in [1.54, 1.807) is 55.5 Å². The molecule has 1 atom stereocenters. The van der Waals surface area contributed by atoms with Crippen molar-refractivity contribution >= 4 is 34.8 Å². The number of aryl methyl sites for hydroxylation is 1. The van der Waals surface area contributed by atoms with E-state index >= 15 is 0 Å². The van der Waals surface area contributed by atoms with E-state index in [0.717, 1.165) is 11.3 Å². The van der Waals surface area contributed by atoms with Gasteiger partial charge in [0.1, 0.15) is 5.75 Å². The molecule has 0 spiro atoms. The van der Waals surface area contributed by atoms with Crippen molar-refractivity contribution in [3.05, 3.63) is 88.9 Å². The molecule has 0 unspecified atom stereocenters. The van der Waals surface area contributed by atoms with Crippen LogP contribution in [0.3, 0.4) is 0 Å². The fourth-order valence-corrected chi connectivity index (χ4v) is 2.69. The molecule has 3 aromatic carbocycles. The van der Waals surface area contributed by atoms with Crippen molar-refractivity contribution in [2.75, 3.05) is 10.6 Å². The lowest BCUT2D eigenvalue weighted by molar-refractivity contribution is -0.122. The van der Waals surface area contributed by atoms with Crippen molar-refractivity contribution in [1.29, 1.82) is 0 Å². The Kier molecular flexibility index (Phi) is 6.52. The number of amides is 2. The molecule has 0 bridgehead atoms. The van der Waals surface area contributed by atoms with Crippen molar-refractivity contribution in [3.63, 3.8) is 0 Å². The number of hydrogen-bond donors (Lipinski definition) is 2. The quantitative estimate of drug-likeness (QED) is 0.581. The van der Waals surface area contributed by atoms with Crippen LogP contribution in [-0.4, -0.2) is 17.9 Å². The Hall–Kier alpha value is -3.31. The molecular weight excluding hydrogens is 388 g/mol. The van der Waals surface area contributed by atoms with Gasteiger partial charge in [-0.05, 0) is 74.5 Å². The first-order valence-corrected chi connectivity index (χ1v) is 9.50. The summed E-state index contributed by atoms with van der Waals surface area (Å²) < 4.78 is 5.67. The number of nitrogens with one attached hydrogen (secondary N) is 2. The number of hydrogen-bond acceptors (Lipinski definition) is 3. The van der Waals surface area contributed by atoms with Crippen LogP contribution in [0.1, 0.15) is 22.8 Å². The van der Waals surface area contributed by atoms with E-state index in [1.807, 2.05) is 31.2 Å². The first-order chi connectivity index (χ1) is 13.9. The molecule has 29 heavy (non-hydrogen) atoms. The normalized spacial score (nSPS) is 11.4. The van der Waals surface area contributed by atoms with Crippen LogP contribution >= 0.6 is 11.6 Å². The Morgan fingerprint density at radius 1 is 0.828 bits per heavy atom. The number of anilines is 2. The predicted octanol–water partition coefficient (Wildman–Crippen LogP) is 5.31. The zero-order valence-electron chi connectivity index (χ0n) is 16.1. The number of halogens is 1. The van der Waals surface area contributed by atoms with E-state index in [2.05, 4.69) is 10.6 Å². The van der Waals surface area contributed by atoms with Gasteiger partial charge in [-0.1, -0.05) is 29.3 Å². The summed E-state index contributed by atoms with van der Waals surface area (Å²) in [6.45, 7) is 3.64. The van der Waals surface area contributed by atoms with E-state index in [4.69, 9.17) is 16.3 Å². The van der Waals surface area contributed by atoms with Crippen LogP contribution in [-0.2, 0) is 4.79 Å². The fourth-order valence-electron chi connectivity index (χ4n) is 2.56. The Balaban J connectivity index is 1.56. The third-order valence-corrected chi connectivity index (χ3v) is 4.47. The lowest BCUT2D eigenvalue weighted by atomic mass is 10.2.